The van der Waals surface area contributed by atoms with Crippen molar-refractivity contribution in [3.05, 3.63) is 59.9 Å². The summed E-state index contributed by atoms with van der Waals surface area (Å²) in [6.07, 6.45) is 6.26. The van der Waals surface area contributed by atoms with Gasteiger partial charge in [0.2, 0.25) is 5.91 Å². The zero-order chi connectivity index (χ0) is 23.0. The van der Waals surface area contributed by atoms with E-state index in [1.807, 2.05) is 29.2 Å². The van der Waals surface area contributed by atoms with Crippen LogP contribution in [0.25, 0.3) is 0 Å². The van der Waals surface area contributed by atoms with Crippen molar-refractivity contribution in [1.82, 2.24) is 10.2 Å². The van der Waals surface area contributed by atoms with Gasteiger partial charge in [0.05, 0.1) is 11.3 Å². The highest BCUT2D eigenvalue weighted by Crippen LogP contribution is 2.26. The molecule has 176 valence electrons. The molecule has 0 atom stereocenters. The summed E-state index contributed by atoms with van der Waals surface area (Å²) in [6.45, 7) is 3.39. The number of thioether (sulfide) groups is 1. The fourth-order valence-electron chi connectivity index (χ4n) is 4.60. The Labute approximate surface area is 199 Å². The minimum atomic E-state index is -0.246. The number of rotatable bonds is 7. The number of hydrogen-bond donors (Lipinski definition) is 1. The lowest BCUT2D eigenvalue weighted by Crippen LogP contribution is -2.48. The lowest BCUT2D eigenvalue weighted by Gasteiger charge is -2.36. The van der Waals surface area contributed by atoms with Crippen LogP contribution >= 0.6 is 11.8 Å². The summed E-state index contributed by atoms with van der Waals surface area (Å²) >= 11 is 1.43. The van der Waals surface area contributed by atoms with Gasteiger partial charge in [0, 0.05) is 43.3 Å². The van der Waals surface area contributed by atoms with Crippen LogP contribution in [0.4, 0.5) is 10.1 Å². The number of nitrogens with one attached hydrogen (secondary N) is 1. The van der Waals surface area contributed by atoms with Crippen molar-refractivity contribution in [2.45, 2.75) is 37.0 Å². The zero-order valence-corrected chi connectivity index (χ0v) is 19.8. The Hall–Kier alpha value is -2.54. The average Bonchev–Trinajstić information content (AvgIpc) is 2.87. The summed E-state index contributed by atoms with van der Waals surface area (Å²) < 4.78 is 13.2. The Morgan fingerprint density at radius 3 is 2.36 bits per heavy atom. The third-order valence-electron chi connectivity index (χ3n) is 6.55. The van der Waals surface area contributed by atoms with Crippen LogP contribution in [-0.4, -0.2) is 55.2 Å². The Bertz CT molecular complexity index is 939. The zero-order valence-electron chi connectivity index (χ0n) is 19.0. The van der Waals surface area contributed by atoms with Crippen LogP contribution in [-0.2, 0) is 4.79 Å². The number of carbonyl (C=O) groups excluding carboxylic acids is 2. The Balaban J connectivity index is 1.29. The fourth-order valence-corrected chi connectivity index (χ4v) is 5.48. The summed E-state index contributed by atoms with van der Waals surface area (Å²) in [7, 11) is 0. The third-order valence-corrected chi connectivity index (χ3v) is 7.62. The first kappa shape index (κ1) is 23.6. The van der Waals surface area contributed by atoms with Crippen molar-refractivity contribution in [3.8, 4) is 0 Å². The lowest BCUT2D eigenvalue weighted by atomic mass is 9.89. The van der Waals surface area contributed by atoms with Crippen molar-refractivity contribution in [2.75, 3.05) is 43.4 Å². The molecule has 7 heteroatoms. The molecular weight excluding hydrogens is 437 g/mol. The number of hydrogen-bond acceptors (Lipinski definition) is 4. The van der Waals surface area contributed by atoms with Gasteiger partial charge in [-0.1, -0.05) is 31.4 Å². The molecular formula is C26H32FN3O2S. The summed E-state index contributed by atoms with van der Waals surface area (Å²) in [5.41, 5.74) is 1.62. The molecule has 0 radical (unpaired) electrons. The van der Waals surface area contributed by atoms with Crippen molar-refractivity contribution >= 4 is 29.3 Å². The van der Waals surface area contributed by atoms with Gasteiger partial charge in [-0.2, -0.15) is 0 Å². The van der Waals surface area contributed by atoms with Gasteiger partial charge >= 0.3 is 0 Å². The van der Waals surface area contributed by atoms with E-state index in [2.05, 4.69) is 10.2 Å². The van der Waals surface area contributed by atoms with Gasteiger partial charge in [-0.3, -0.25) is 9.59 Å². The van der Waals surface area contributed by atoms with E-state index in [0.717, 1.165) is 17.1 Å². The second-order valence-corrected chi connectivity index (χ2v) is 9.87. The molecule has 0 unspecified atom stereocenters. The number of amides is 2. The number of halogens is 1. The summed E-state index contributed by atoms with van der Waals surface area (Å²) in [6, 6.07) is 14.0. The van der Waals surface area contributed by atoms with Crippen molar-refractivity contribution in [2.24, 2.45) is 5.92 Å². The summed E-state index contributed by atoms with van der Waals surface area (Å²) in [4.78, 5) is 30.5. The highest BCUT2D eigenvalue weighted by Gasteiger charge is 2.24. The molecule has 2 aliphatic rings. The minimum Gasteiger partial charge on any atom is -0.368 e. The molecule has 1 aliphatic heterocycles. The minimum absolute atomic E-state index is 0.000491. The van der Waals surface area contributed by atoms with E-state index in [0.29, 0.717) is 43.4 Å². The van der Waals surface area contributed by atoms with Crippen LogP contribution in [0.2, 0.25) is 0 Å². The smallest absolute Gasteiger partial charge is 0.255 e. The quantitative estimate of drug-likeness (QED) is 0.604. The number of benzene rings is 2. The normalized spacial score (nSPS) is 17.1. The van der Waals surface area contributed by atoms with Crippen LogP contribution in [0.15, 0.2) is 53.4 Å². The molecule has 2 amide bonds. The monoisotopic (exact) mass is 469 g/mol. The highest BCUT2D eigenvalue weighted by molar-refractivity contribution is 8.00. The van der Waals surface area contributed by atoms with Gasteiger partial charge in [0.1, 0.15) is 5.82 Å². The molecule has 0 bridgehead atoms. The Morgan fingerprint density at radius 2 is 1.64 bits per heavy atom. The predicted molar refractivity (Wildman–Crippen MR) is 131 cm³/mol. The van der Waals surface area contributed by atoms with Gasteiger partial charge in [0.25, 0.3) is 5.91 Å². The first-order chi connectivity index (χ1) is 16.1. The van der Waals surface area contributed by atoms with E-state index < -0.39 is 0 Å². The van der Waals surface area contributed by atoms with E-state index in [1.54, 1.807) is 12.1 Å². The van der Waals surface area contributed by atoms with E-state index in [-0.39, 0.29) is 17.6 Å². The Morgan fingerprint density at radius 1 is 0.939 bits per heavy atom. The third kappa shape index (κ3) is 6.50. The topological polar surface area (TPSA) is 52.7 Å². The largest absolute Gasteiger partial charge is 0.368 e. The number of anilines is 1. The lowest BCUT2D eigenvalue weighted by molar-refractivity contribution is -0.118. The molecule has 0 aromatic heterocycles. The van der Waals surface area contributed by atoms with E-state index in [9.17, 15) is 14.0 Å². The van der Waals surface area contributed by atoms with Gasteiger partial charge < -0.3 is 15.1 Å². The van der Waals surface area contributed by atoms with Crippen LogP contribution in [0.3, 0.4) is 0 Å². The van der Waals surface area contributed by atoms with Crippen molar-refractivity contribution < 1.29 is 14.0 Å². The standard InChI is InChI=1S/C26H32FN3O2S/c27-21-10-12-22(13-11-21)29-14-16-30(17-15-29)26(32)23-8-4-5-9-24(23)33-19-25(31)28-18-20-6-2-1-3-7-20/h4-5,8-13,20H,1-3,6-7,14-19H2,(H,28,31). The molecule has 1 heterocycles. The van der Waals surface area contributed by atoms with Crippen LogP contribution in [0.1, 0.15) is 42.5 Å². The number of piperazine rings is 1. The predicted octanol–water partition coefficient (Wildman–Crippen LogP) is 4.58. The number of nitrogens with zero attached hydrogens (tertiary/aromatic N) is 2. The molecule has 1 saturated carbocycles. The van der Waals surface area contributed by atoms with Crippen molar-refractivity contribution in [3.63, 3.8) is 0 Å². The van der Waals surface area contributed by atoms with Crippen LogP contribution in [0.5, 0.6) is 0 Å². The molecule has 0 spiro atoms. The maximum absolute atomic E-state index is 13.2. The maximum Gasteiger partial charge on any atom is 0.255 e. The van der Waals surface area contributed by atoms with E-state index in [1.165, 1.54) is 56.0 Å². The average molecular weight is 470 g/mol. The van der Waals surface area contributed by atoms with E-state index in [4.69, 9.17) is 0 Å². The van der Waals surface area contributed by atoms with E-state index >= 15 is 0 Å². The fraction of sp³-hybridized carbons (Fsp3) is 0.462. The second kappa shape index (κ2) is 11.5. The van der Waals surface area contributed by atoms with Crippen LogP contribution in [0, 0.1) is 11.7 Å². The number of carbonyl (C=O) groups is 2. The van der Waals surface area contributed by atoms with Gasteiger partial charge in [0.15, 0.2) is 0 Å². The van der Waals surface area contributed by atoms with Gasteiger partial charge in [-0.05, 0) is 55.2 Å². The molecule has 33 heavy (non-hydrogen) atoms. The highest BCUT2D eigenvalue weighted by atomic mass is 32.2. The Kier molecular flexibility index (Phi) is 8.26. The van der Waals surface area contributed by atoms with Gasteiger partial charge in [-0.15, -0.1) is 11.8 Å². The molecule has 2 aromatic carbocycles. The maximum atomic E-state index is 13.2. The van der Waals surface area contributed by atoms with Crippen molar-refractivity contribution in [1.29, 1.82) is 0 Å². The molecule has 1 saturated heterocycles. The second-order valence-electron chi connectivity index (χ2n) is 8.85. The van der Waals surface area contributed by atoms with Gasteiger partial charge in [-0.25, -0.2) is 4.39 Å². The molecule has 2 aromatic rings. The summed E-state index contributed by atoms with van der Waals surface area (Å²) in [5.74, 6) is 0.703. The SMILES string of the molecule is O=C(CSc1ccccc1C(=O)N1CCN(c2ccc(F)cc2)CC1)NCC1CCCCC1. The molecule has 1 aliphatic carbocycles. The first-order valence-electron chi connectivity index (χ1n) is 11.9. The molecule has 2 fully saturated rings. The van der Waals surface area contributed by atoms with Crippen LogP contribution < -0.4 is 10.2 Å². The summed E-state index contributed by atoms with van der Waals surface area (Å²) in [5, 5.41) is 3.07. The molecule has 5 nitrogen and oxygen atoms in total. The first-order valence-corrected chi connectivity index (χ1v) is 12.9. The molecule has 1 N–H and O–H groups in total. The molecule has 4 rings (SSSR count).